The summed E-state index contributed by atoms with van der Waals surface area (Å²) in [5.74, 6) is 5.68. The van der Waals surface area contributed by atoms with E-state index in [1.165, 1.54) is 17.7 Å². The fourth-order valence-corrected chi connectivity index (χ4v) is 4.77. The van der Waals surface area contributed by atoms with Crippen molar-refractivity contribution in [1.29, 1.82) is 5.26 Å². The van der Waals surface area contributed by atoms with Crippen LogP contribution in [0.3, 0.4) is 0 Å². The van der Waals surface area contributed by atoms with Crippen LogP contribution in [0.2, 0.25) is 0 Å². The molecule has 1 N–H and O–H groups in total. The highest BCUT2D eigenvalue weighted by Gasteiger charge is 2.29. The summed E-state index contributed by atoms with van der Waals surface area (Å²) in [7, 11) is 1.51. The maximum Gasteiger partial charge on any atom is 0.407 e. The van der Waals surface area contributed by atoms with E-state index in [1.54, 1.807) is 32.3 Å². The first-order valence-corrected chi connectivity index (χ1v) is 13.0. The molecule has 3 aromatic rings. The molecule has 0 aliphatic carbocycles. The van der Waals surface area contributed by atoms with Gasteiger partial charge in [0, 0.05) is 26.2 Å². The predicted molar refractivity (Wildman–Crippen MR) is 148 cm³/mol. The monoisotopic (exact) mass is 549 g/mol. The Balaban J connectivity index is 1.78. The van der Waals surface area contributed by atoms with E-state index in [0.717, 1.165) is 29.5 Å². The third-order valence-corrected chi connectivity index (χ3v) is 6.57. The zero-order chi connectivity index (χ0) is 29.2. The number of fused-ring (bicyclic) bond motifs is 1. The smallest absolute Gasteiger partial charge is 0.407 e. The van der Waals surface area contributed by atoms with Crippen LogP contribution in [0.5, 0.6) is 0 Å². The number of halogens is 1. The van der Waals surface area contributed by atoms with Gasteiger partial charge in [-0.2, -0.15) is 10.2 Å². The van der Waals surface area contributed by atoms with Gasteiger partial charge in [-0.05, 0) is 64.3 Å². The fourth-order valence-electron chi connectivity index (χ4n) is 4.77. The van der Waals surface area contributed by atoms with Crippen LogP contribution in [-0.4, -0.2) is 49.5 Å². The van der Waals surface area contributed by atoms with Gasteiger partial charge < -0.3 is 15.0 Å². The number of aryl methyl sites for hydroxylation is 1. The first-order chi connectivity index (χ1) is 18.9. The fraction of sp³-hybridized carbons (Fsp3) is 0.464. The summed E-state index contributed by atoms with van der Waals surface area (Å²) < 4.78 is 23.3. The van der Waals surface area contributed by atoms with Gasteiger partial charge in [-0.3, -0.25) is 18.5 Å². The van der Waals surface area contributed by atoms with E-state index < -0.39 is 28.8 Å². The number of hydrogen-bond acceptors (Lipinski definition) is 7. The Labute approximate surface area is 230 Å². The van der Waals surface area contributed by atoms with Gasteiger partial charge in [-0.15, -0.1) is 5.92 Å². The standard InChI is InChI=1S/C28H32FN7O4/c1-6-7-13-35-22-23(32-25(35)34-12-8-9-21(17-34)31-26(38)40-28(2,3)4)33(5)27(39)36(24(22)37)16-19-14-20(29)11-10-18(19)15-30/h10-11,14,21H,8-9,12-13,16-17H2,1-5H3,(H,31,38)/t21-/m1/s1. The summed E-state index contributed by atoms with van der Waals surface area (Å²) in [4.78, 5) is 46.1. The van der Waals surface area contributed by atoms with Gasteiger partial charge in [0.2, 0.25) is 5.95 Å². The van der Waals surface area contributed by atoms with Crippen molar-refractivity contribution in [2.24, 2.45) is 7.05 Å². The number of carbonyl (C=O) groups excluding carboxylic acids is 1. The summed E-state index contributed by atoms with van der Waals surface area (Å²) in [6.07, 6.45) is 0.984. The normalized spacial score (nSPS) is 15.3. The third-order valence-electron chi connectivity index (χ3n) is 6.57. The first-order valence-electron chi connectivity index (χ1n) is 13.0. The van der Waals surface area contributed by atoms with Crippen molar-refractivity contribution >= 4 is 23.2 Å². The van der Waals surface area contributed by atoms with E-state index in [2.05, 4.69) is 17.2 Å². The van der Waals surface area contributed by atoms with E-state index in [4.69, 9.17) is 9.72 Å². The van der Waals surface area contributed by atoms with Gasteiger partial charge in [0.1, 0.15) is 11.4 Å². The Morgan fingerprint density at radius 3 is 2.70 bits per heavy atom. The number of carbonyl (C=O) groups is 1. The minimum absolute atomic E-state index is 0.139. The van der Waals surface area contributed by atoms with E-state index in [1.807, 2.05) is 11.0 Å². The number of nitrogens with zero attached hydrogens (tertiary/aromatic N) is 6. The van der Waals surface area contributed by atoms with Gasteiger partial charge in [-0.25, -0.2) is 14.0 Å². The lowest BCUT2D eigenvalue weighted by Gasteiger charge is -2.34. The SMILES string of the molecule is CC#CCn1c(N2CCC[C@@H](NC(=O)OC(C)(C)C)C2)nc2c1c(=O)n(Cc1cc(F)ccc1C#N)c(=O)n2C. The molecular formula is C28H32FN7O4. The number of benzene rings is 1. The van der Waals surface area contributed by atoms with Crippen molar-refractivity contribution in [1.82, 2.24) is 24.0 Å². The Morgan fingerprint density at radius 2 is 2.02 bits per heavy atom. The molecule has 12 heteroatoms. The molecule has 210 valence electrons. The molecule has 1 saturated heterocycles. The largest absolute Gasteiger partial charge is 0.444 e. The van der Waals surface area contributed by atoms with Crippen molar-refractivity contribution in [3.63, 3.8) is 0 Å². The van der Waals surface area contributed by atoms with Crippen molar-refractivity contribution in [3.8, 4) is 17.9 Å². The number of rotatable bonds is 5. The van der Waals surface area contributed by atoms with Crippen LogP contribution in [0.1, 0.15) is 51.7 Å². The third kappa shape index (κ3) is 5.86. The van der Waals surface area contributed by atoms with E-state index in [9.17, 15) is 24.0 Å². The Kier molecular flexibility index (Phi) is 8.01. The van der Waals surface area contributed by atoms with Gasteiger partial charge in [-0.1, -0.05) is 5.92 Å². The summed E-state index contributed by atoms with van der Waals surface area (Å²) >= 11 is 0. The Hall–Kier alpha value is -4.58. The molecule has 1 aliphatic rings. The van der Waals surface area contributed by atoms with E-state index in [0.29, 0.717) is 19.0 Å². The Bertz CT molecular complexity index is 1680. The molecule has 1 aliphatic heterocycles. The number of hydrogen-bond donors (Lipinski definition) is 1. The van der Waals surface area contributed by atoms with E-state index in [-0.39, 0.29) is 41.4 Å². The summed E-state index contributed by atoms with van der Waals surface area (Å²) in [5.41, 5.74) is -1.17. The molecule has 4 rings (SSSR count). The van der Waals surface area contributed by atoms with E-state index >= 15 is 0 Å². The van der Waals surface area contributed by atoms with Crippen molar-refractivity contribution in [2.75, 3.05) is 18.0 Å². The second-order valence-electron chi connectivity index (χ2n) is 10.7. The van der Waals surface area contributed by atoms with Gasteiger partial charge in [0.15, 0.2) is 11.2 Å². The van der Waals surface area contributed by atoms with Crippen LogP contribution >= 0.6 is 0 Å². The number of alkyl carbamates (subject to hydrolysis) is 1. The highest BCUT2D eigenvalue weighted by atomic mass is 19.1. The van der Waals surface area contributed by atoms with Gasteiger partial charge >= 0.3 is 11.8 Å². The van der Waals surface area contributed by atoms with Crippen LogP contribution in [0.15, 0.2) is 27.8 Å². The van der Waals surface area contributed by atoms with Crippen LogP contribution in [0.4, 0.5) is 15.1 Å². The average Bonchev–Trinajstić information content (AvgIpc) is 3.27. The quantitative estimate of drug-likeness (QED) is 0.485. The molecule has 40 heavy (non-hydrogen) atoms. The molecule has 0 bridgehead atoms. The number of piperidine rings is 1. The summed E-state index contributed by atoms with van der Waals surface area (Å²) in [6, 6.07) is 5.38. The van der Waals surface area contributed by atoms with Crippen LogP contribution in [-0.2, 0) is 24.9 Å². The number of nitriles is 1. The predicted octanol–water partition coefficient (Wildman–Crippen LogP) is 2.47. The van der Waals surface area contributed by atoms with Crippen molar-refractivity contribution < 1.29 is 13.9 Å². The summed E-state index contributed by atoms with van der Waals surface area (Å²) in [5, 5.41) is 12.4. The van der Waals surface area contributed by atoms with Crippen LogP contribution in [0, 0.1) is 29.0 Å². The molecule has 2 aromatic heterocycles. The maximum absolute atomic E-state index is 14.0. The molecule has 1 aromatic carbocycles. The number of ether oxygens (including phenoxy) is 1. The highest BCUT2D eigenvalue weighted by Crippen LogP contribution is 2.24. The molecule has 11 nitrogen and oxygen atoms in total. The second kappa shape index (κ2) is 11.3. The minimum Gasteiger partial charge on any atom is -0.444 e. The number of aromatic nitrogens is 4. The number of imidazole rings is 1. The van der Waals surface area contributed by atoms with Crippen molar-refractivity contribution in [3.05, 3.63) is 56.0 Å². The molecule has 0 saturated carbocycles. The van der Waals surface area contributed by atoms with Crippen LogP contribution in [0.25, 0.3) is 11.2 Å². The van der Waals surface area contributed by atoms with Gasteiger partial charge in [0.25, 0.3) is 5.56 Å². The maximum atomic E-state index is 14.0. The molecule has 1 atom stereocenters. The molecule has 3 heterocycles. The lowest BCUT2D eigenvalue weighted by molar-refractivity contribution is 0.0499. The minimum atomic E-state index is -0.647. The number of anilines is 1. The molecular weight excluding hydrogens is 517 g/mol. The average molecular weight is 550 g/mol. The molecule has 0 spiro atoms. The highest BCUT2D eigenvalue weighted by molar-refractivity contribution is 5.75. The zero-order valence-electron chi connectivity index (χ0n) is 23.2. The Morgan fingerprint density at radius 1 is 1.27 bits per heavy atom. The van der Waals surface area contributed by atoms with Crippen molar-refractivity contribution in [2.45, 2.75) is 65.3 Å². The van der Waals surface area contributed by atoms with Gasteiger partial charge in [0.05, 0.1) is 24.7 Å². The molecule has 1 amide bonds. The molecule has 0 unspecified atom stereocenters. The summed E-state index contributed by atoms with van der Waals surface area (Å²) in [6.45, 7) is 7.96. The lowest BCUT2D eigenvalue weighted by atomic mass is 10.1. The second-order valence-corrected chi connectivity index (χ2v) is 10.7. The van der Waals surface area contributed by atoms with Crippen LogP contribution < -0.4 is 21.5 Å². The number of nitrogens with one attached hydrogen (secondary N) is 1. The number of amides is 1. The first kappa shape index (κ1) is 28.4. The molecule has 0 radical (unpaired) electrons. The zero-order valence-corrected chi connectivity index (χ0v) is 23.2. The topological polar surface area (TPSA) is 127 Å². The lowest BCUT2D eigenvalue weighted by Crippen LogP contribution is -2.49. The molecule has 1 fully saturated rings.